The van der Waals surface area contributed by atoms with Crippen molar-refractivity contribution in [1.29, 1.82) is 0 Å². The van der Waals surface area contributed by atoms with Crippen LogP contribution in [0.25, 0.3) is 0 Å². The lowest BCUT2D eigenvalue weighted by Gasteiger charge is -2.27. The Morgan fingerprint density at radius 1 is 0.809 bits per heavy atom. The van der Waals surface area contributed by atoms with E-state index in [1.807, 2.05) is 13.8 Å². The summed E-state index contributed by atoms with van der Waals surface area (Å²) in [6, 6.07) is 0. The van der Waals surface area contributed by atoms with Crippen molar-refractivity contribution in [2.75, 3.05) is 26.4 Å². The molecular weight excluding hydrogens is 695 g/mol. The number of thiol groups is 2. The van der Waals surface area contributed by atoms with Crippen LogP contribution >= 0.6 is 25.3 Å². The number of carbonyl (C=O) groups is 5. The van der Waals surface area contributed by atoms with Crippen molar-refractivity contribution in [3.63, 3.8) is 0 Å². The molecule has 0 bridgehead atoms. The number of ether oxygens (including phenoxy) is 3. The Balaban J connectivity index is 0.000000699. The first-order valence-electron chi connectivity index (χ1n) is 16.3. The van der Waals surface area contributed by atoms with E-state index in [4.69, 9.17) is 22.4 Å². The third kappa shape index (κ3) is 21.8. The smallest absolute Gasteiger partial charge is 0.330 e. The van der Waals surface area contributed by atoms with Crippen LogP contribution in [0.3, 0.4) is 0 Å². The Bertz CT molecular complexity index is 1000. The predicted octanol–water partition coefficient (Wildman–Crippen LogP) is 4.91. The molecule has 2 aliphatic rings. The molecular formula is C31H57NO10S2Si3. The SMILES string of the molecule is C=CC(=O)OCCN1C(=O)C2=C(CCCC2)C1=O.CC(S)CC(=O)OCCCCOC(=O)CC(C)S.C[SiH](C)O[Si](C)(C)O[SiH](C)C. The lowest BCUT2D eigenvalue weighted by Crippen LogP contribution is -2.42. The molecule has 1 aliphatic heterocycles. The van der Waals surface area contributed by atoms with Gasteiger partial charge in [-0.2, -0.15) is 25.3 Å². The van der Waals surface area contributed by atoms with Crippen LogP contribution in [0.4, 0.5) is 0 Å². The number of carbonyl (C=O) groups excluding carboxylic acids is 5. The molecule has 0 fully saturated rings. The first-order valence-corrected chi connectivity index (χ1v) is 25.7. The van der Waals surface area contributed by atoms with Gasteiger partial charge in [-0.05, 0) is 77.8 Å². The molecule has 0 N–H and O–H groups in total. The average molecular weight is 752 g/mol. The highest BCUT2D eigenvalue weighted by Gasteiger charge is 2.38. The minimum atomic E-state index is -1.71. The molecule has 11 nitrogen and oxygen atoms in total. The number of hydrogen-bond acceptors (Lipinski definition) is 12. The highest BCUT2D eigenvalue weighted by atomic mass is 32.1. The molecule has 0 saturated heterocycles. The molecule has 0 aromatic carbocycles. The molecule has 2 unspecified atom stereocenters. The standard InChI is InChI=1S/C13H15NO4.C12H22O4S2.C6H20O2Si3/c1-2-11(15)18-8-7-14-12(16)9-5-3-4-6-10(9)13(14)17;1-9(17)7-11(13)15-5-3-4-6-16-12(14)8-10(2)18;1-9(2)7-11(5,6)8-10(3)4/h2H,1,3-8H2;9-10,17-18H,3-8H2,1-2H3;9-10H,1-6H3. The Kier molecular flexibility index (Phi) is 23.6. The van der Waals surface area contributed by atoms with Crippen molar-refractivity contribution in [3.8, 4) is 0 Å². The molecule has 1 aliphatic carbocycles. The lowest BCUT2D eigenvalue weighted by atomic mass is 9.93. The van der Waals surface area contributed by atoms with Crippen molar-refractivity contribution in [3.05, 3.63) is 23.8 Å². The van der Waals surface area contributed by atoms with Gasteiger partial charge in [-0.15, -0.1) is 0 Å². The molecule has 0 spiro atoms. The van der Waals surface area contributed by atoms with Gasteiger partial charge >= 0.3 is 26.5 Å². The molecule has 16 heteroatoms. The number of unbranched alkanes of at least 4 members (excludes halogenated alkanes) is 1. The third-order valence-electron chi connectivity index (χ3n) is 6.23. The summed E-state index contributed by atoms with van der Waals surface area (Å²) in [6.45, 7) is 20.9. The summed E-state index contributed by atoms with van der Waals surface area (Å²) < 4.78 is 26.4. The molecule has 0 aromatic heterocycles. The molecule has 0 saturated carbocycles. The Morgan fingerprint density at radius 3 is 1.55 bits per heavy atom. The molecule has 2 rings (SSSR count). The second-order valence-electron chi connectivity index (χ2n) is 12.3. The number of imide groups is 1. The maximum atomic E-state index is 12.0. The fourth-order valence-corrected chi connectivity index (χ4v) is 14.7. The molecule has 0 radical (unpaired) electrons. The number of hydrogen-bond donors (Lipinski definition) is 2. The zero-order valence-electron chi connectivity index (χ0n) is 29.5. The third-order valence-corrected chi connectivity index (χ3v) is 14.9. The highest BCUT2D eigenvalue weighted by molar-refractivity contribution is 7.81. The van der Waals surface area contributed by atoms with Crippen molar-refractivity contribution in [2.24, 2.45) is 0 Å². The van der Waals surface area contributed by atoms with Gasteiger partial charge in [0.15, 0.2) is 18.1 Å². The summed E-state index contributed by atoms with van der Waals surface area (Å²) in [4.78, 5) is 58.3. The predicted molar refractivity (Wildman–Crippen MR) is 198 cm³/mol. The van der Waals surface area contributed by atoms with Gasteiger partial charge in [-0.25, -0.2) is 4.79 Å². The zero-order chi connectivity index (χ0) is 36.2. The van der Waals surface area contributed by atoms with E-state index in [9.17, 15) is 24.0 Å². The number of rotatable bonds is 17. The van der Waals surface area contributed by atoms with Crippen molar-refractivity contribution >= 4 is 81.6 Å². The number of nitrogens with zero attached hydrogens (tertiary/aromatic N) is 1. The summed E-state index contributed by atoms with van der Waals surface area (Å²) in [5.41, 5.74) is 1.31. The fourth-order valence-electron chi connectivity index (χ4n) is 4.63. The van der Waals surface area contributed by atoms with E-state index < -0.39 is 32.6 Å². The Labute approximate surface area is 297 Å². The summed E-state index contributed by atoms with van der Waals surface area (Å²) in [5.74, 6) is -1.46. The second-order valence-corrected chi connectivity index (χ2v) is 22.9. The zero-order valence-corrected chi connectivity index (χ0v) is 34.6. The van der Waals surface area contributed by atoms with Crippen LogP contribution in [0.2, 0.25) is 39.3 Å². The van der Waals surface area contributed by atoms with Gasteiger partial charge in [-0.1, -0.05) is 20.4 Å². The van der Waals surface area contributed by atoms with E-state index in [2.05, 4.69) is 71.1 Å². The van der Waals surface area contributed by atoms with E-state index in [-0.39, 0.29) is 47.4 Å². The maximum absolute atomic E-state index is 12.0. The normalized spacial score (nSPS) is 15.6. The highest BCUT2D eigenvalue weighted by Crippen LogP contribution is 2.32. The Hall–Kier alpha value is -1.70. The monoisotopic (exact) mass is 751 g/mol. The summed E-state index contributed by atoms with van der Waals surface area (Å²) in [6.07, 6.45) is 6.35. The second kappa shape index (κ2) is 24.4. The van der Waals surface area contributed by atoms with Crippen LogP contribution in [0, 0.1) is 0 Å². The average Bonchev–Trinajstić information content (AvgIpc) is 3.18. The van der Waals surface area contributed by atoms with Gasteiger partial charge in [0, 0.05) is 27.7 Å². The maximum Gasteiger partial charge on any atom is 0.330 e. The van der Waals surface area contributed by atoms with Crippen LogP contribution in [0.1, 0.15) is 65.2 Å². The van der Waals surface area contributed by atoms with Crippen molar-refractivity contribution in [1.82, 2.24) is 4.90 Å². The minimum absolute atomic E-state index is 0.0154. The lowest BCUT2D eigenvalue weighted by molar-refractivity contribution is -0.146. The molecule has 47 heavy (non-hydrogen) atoms. The Morgan fingerprint density at radius 2 is 1.21 bits per heavy atom. The number of amides is 2. The quantitative estimate of drug-likeness (QED) is 0.0402. The van der Waals surface area contributed by atoms with Crippen LogP contribution < -0.4 is 0 Å². The van der Waals surface area contributed by atoms with E-state index in [1.54, 1.807) is 0 Å². The summed E-state index contributed by atoms with van der Waals surface area (Å²) in [7, 11) is -3.50. The molecule has 1 heterocycles. The van der Waals surface area contributed by atoms with Crippen LogP contribution in [-0.2, 0) is 46.4 Å². The van der Waals surface area contributed by atoms with E-state index in [0.29, 0.717) is 62.9 Å². The topological polar surface area (TPSA) is 135 Å². The van der Waals surface area contributed by atoms with Crippen molar-refractivity contribution < 1.29 is 46.4 Å². The summed E-state index contributed by atoms with van der Waals surface area (Å²) >= 11 is 8.20. The molecule has 0 aromatic rings. The molecule has 2 amide bonds. The van der Waals surface area contributed by atoms with Gasteiger partial charge in [-0.3, -0.25) is 24.1 Å². The number of esters is 3. The van der Waals surface area contributed by atoms with Crippen molar-refractivity contribution in [2.45, 2.75) is 115 Å². The van der Waals surface area contributed by atoms with Gasteiger partial charge in [0.2, 0.25) is 0 Å². The van der Waals surface area contributed by atoms with E-state index >= 15 is 0 Å². The minimum Gasteiger partial charge on any atom is -0.466 e. The molecule has 270 valence electrons. The van der Waals surface area contributed by atoms with Crippen LogP contribution in [0.5, 0.6) is 0 Å². The van der Waals surface area contributed by atoms with Gasteiger partial charge < -0.3 is 22.4 Å². The van der Waals surface area contributed by atoms with Crippen LogP contribution in [0.15, 0.2) is 23.8 Å². The van der Waals surface area contributed by atoms with Gasteiger partial charge in [0.1, 0.15) is 6.61 Å². The first-order chi connectivity index (χ1) is 21.9. The summed E-state index contributed by atoms with van der Waals surface area (Å²) in [5, 5.41) is 0.0309. The van der Waals surface area contributed by atoms with Gasteiger partial charge in [0.05, 0.1) is 32.6 Å². The van der Waals surface area contributed by atoms with Crippen LogP contribution in [-0.4, -0.2) is 98.1 Å². The fraction of sp³-hybridized carbons (Fsp3) is 0.710. The first kappa shape index (κ1) is 45.3. The van der Waals surface area contributed by atoms with Gasteiger partial charge in [0.25, 0.3) is 11.8 Å². The largest absolute Gasteiger partial charge is 0.466 e. The molecule has 2 atom stereocenters. The van der Waals surface area contributed by atoms with E-state index in [0.717, 1.165) is 18.9 Å². The van der Waals surface area contributed by atoms with E-state index in [1.165, 1.54) is 4.90 Å².